The summed E-state index contributed by atoms with van der Waals surface area (Å²) in [6, 6.07) is 9.72. The van der Waals surface area contributed by atoms with Crippen LogP contribution in [0.15, 0.2) is 40.9 Å². The molecule has 0 aromatic heterocycles. The third-order valence-corrected chi connectivity index (χ3v) is 4.88. The summed E-state index contributed by atoms with van der Waals surface area (Å²) in [5.74, 6) is -0.198. The van der Waals surface area contributed by atoms with Gasteiger partial charge in [0, 0.05) is 10.2 Å². The summed E-state index contributed by atoms with van der Waals surface area (Å²) in [5, 5.41) is 0.436. The van der Waals surface area contributed by atoms with Gasteiger partial charge in [0.05, 0.1) is 21.5 Å². The molecule has 0 aliphatic rings. The van der Waals surface area contributed by atoms with Crippen molar-refractivity contribution >= 4 is 60.5 Å². The number of halogens is 3. The largest absolute Gasteiger partial charge is 0.399 e. The molecule has 8 heteroatoms. The fraction of sp³-hybridized carbons (Fsp3) is 0.0769. The molecule has 4 nitrogen and oxygen atoms in total. The second kappa shape index (κ2) is 6.44. The molecule has 0 heterocycles. The topological polar surface area (TPSA) is 72.2 Å². The highest BCUT2D eigenvalue weighted by Gasteiger charge is 2.16. The van der Waals surface area contributed by atoms with Gasteiger partial charge < -0.3 is 5.73 Å². The number of hydrogen-bond acceptors (Lipinski definition) is 3. The first-order valence-corrected chi connectivity index (χ1v) is 8.96. The van der Waals surface area contributed by atoms with Gasteiger partial charge in [0.1, 0.15) is 0 Å². The number of benzene rings is 2. The molecule has 0 saturated carbocycles. The van der Waals surface area contributed by atoms with Crippen LogP contribution in [-0.4, -0.2) is 8.42 Å². The Morgan fingerprint density at radius 1 is 1.10 bits per heavy atom. The molecule has 2 rings (SSSR count). The lowest BCUT2D eigenvalue weighted by molar-refractivity contribution is 0.600. The molecule has 0 fully saturated rings. The molecule has 0 saturated heterocycles. The summed E-state index contributed by atoms with van der Waals surface area (Å²) in [5.41, 5.74) is 6.91. The Hall–Kier alpha value is -0.950. The Bertz CT molecular complexity index is 741. The van der Waals surface area contributed by atoms with Crippen LogP contribution in [-0.2, 0) is 15.8 Å². The van der Waals surface area contributed by atoms with Crippen molar-refractivity contribution < 1.29 is 8.42 Å². The number of nitrogens with two attached hydrogens (primary N) is 1. The normalized spacial score (nSPS) is 11.4. The number of sulfonamides is 1. The predicted octanol–water partition coefficient (Wildman–Crippen LogP) is 4.28. The van der Waals surface area contributed by atoms with Gasteiger partial charge in [-0.05, 0) is 29.8 Å². The van der Waals surface area contributed by atoms with Crippen LogP contribution < -0.4 is 10.5 Å². The molecule has 0 bridgehead atoms. The zero-order valence-electron chi connectivity index (χ0n) is 10.6. The van der Waals surface area contributed by atoms with E-state index in [0.29, 0.717) is 15.7 Å². The van der Waals surface area contributed by atoms with Gasteiger partial charge in [-0.25, -0.2) is 8.42 Å². The first kappa shape index (κ1) is 16.4. The van der Waals surface area contributed by atoms with E-state index in [9.17, 15) is 8.42 Å². The standard InChI is InChI=1S/C13H11BrCl2N2O2S/c14-9-5-11(15)13(12(16)6-9)18-21(19,20)7-8-1-3-10(17)4-2-8/h1-6,18H,7,17H2. The molecule has 0 aliphatic heterocycles. The molecular weight excluding hydrogens is 399 g/mol. The second-order valence-electron chi connectivity index (χ2n) is 4.35. The highest BCUT2D eigenvalue weighted by molar-refractivity contribution is 9.10. The number of hydrogen-bond donors (Lipinski definition) is 2. The van der Waals surface area contributed by atoms with Crippen molar-refractivity contribution in [3.8, 4) is 0 Å². The average Bonchev–Trinajstić information content (AvgIpc) is 2.36. The Kier molecular flexibility index (Phi) is 5.03. The highest BCUT2D eigenvalue weighted by Crippen LogP contribution is 2.34. The van der Waals surface area contributed by atoms with Crippen LogP contribution in [0.1, 0.15) is 5.56 Å². The van der Waals surface area contributed by atoms with Crippen LogP contribution in [0.4, 0.5) is 11.4 Å². The maximum Gasteiger partial charge on any atom is 0.237 e. The zero-order chi connectivity index (χ0) is 15.6. The van der Waals surface area contributed by atoms with Gasteiger partial charge in [-0.3, -0.25) is 4.72 Å². The monoisotopic (exact) mass is 408 g/mol. The van der Waals surface area contributed by atoms with Crippen molar-refractivity contribution in [1.29, 1.82) is 0 Å². The lowest BCUT2D eigenvalue weighted by Gasteiger charge is -2.12. The van der Waals surface area contributed by atoms with E-state index < -0.39 is 10.0 Å². The van der Waals surface area contributed by atoms with Gasteiger partial charge in [-0.15, -0.1) is 0 Å². The van der Waals surface area contributed by atoms with E-state index in [4.69, 9.17) is 28.9 Å². The Balaban J connectivity index is 2.24. The summed E-state index contributed by atoms with van der Waals surface area (Å²) in [4.78, 5) is 0. The van der Waals surface area contributed by atoms with Crippen LogP contribution >= 0.6 is 39.1 Å². The van der Waals surface area contributed by atoms with Crippen molar-refractivity contribution in [3.63, 3.8) is 0 Å². The van der Waals surface area contributed by atoms with Crippen molar-refractivity contribution in [3.05, 3.63) is 56.5 Å². The van der Waals surface area contributed by atoms with Gasteiger partial charge >= 0.3 is 0 Å². The number of nitrogens with one attached hydrogen (secondary N) is 1. The summed E-state index contributed by atoms with van der Waals surface area (Å²) in [7, 11) is -3.63. The van der Waals surface area contributed by atoms with E-state index >= 15 is 0 Å². The third kappa shape index (κ3) is 4.51. The molecule has 0 unspecified atom stereocenters. The summed E-state index contributed by atoms with van der Waals surface area (Å²) >= 11 is 15.2. The number of anilines is 2. The SMILES string of the molecule is Nc1ccc(CS(=O)(=O)Nc2c(Cl)cc(Br)cc2Cl)cc1. The summed E-state index contributed by atoms with van der Waals surface area (Å²) in [6.07, 6.45) is 0. The molecule has 3 N–H and O–H groups in total. The first-order chi connectivity index (χ1) is 9.77. The molecule has 2 aromatic rings. The Morgan fingerprint density at radius 2 is 1.62 bits per heavy atom. The smallest absolute Gasteiger partial charge is 0.237 e. The first-order valence-electron chi connectivity index (χ1n) is 5.76. The minimum absolute atomic E-state index is 0.164. The van der Waals surface area contributed by atoms with Crippen LogP contribution in [0.5, 0.6) is 0 Å². The van der Waals surface area contributed by atoms with Crippen molar-refractivity contribution in [2.24, 2.45) is 0 Å². The molecule has 21 heavy (non-hydrogen) atoms. The van der Waals surface area contributed by atoms with E-state index in [1.54, 1.807) is 36.4 Å². The molecule has 0 spiro atoms. The Labute approximate surface area is 141 Å². The Morgan fingerprint density at radius 3 is 2.14 bits per heavy atom. The van der Waals surface area contributed by atoms with E-state index in [1.807, 2.05) is 0 Å². The van der Waals surface area contributed by atoms with Crippen molar-refractivity contribution in [2.45, 2.75) is 5.75 Å². The van der Waals surface area contributed by atoms with Crippen molar-refractivity contribution in [2.75, 3.05) is 10.5 Å². The molecule has 112 valence electrons. The molecular formula is C13H11BrCl2N2O2S. The quantitative estimate of drug-likeness (QED) is 0.740. The average molecular weight is 410 g/mol. The number of rotatable bonds is 4. The van der Waals surface area contributed by atoms with Gasteiger partial charge in [0.25, 0.3) is 0 Å². The molecule has 0 aliphatic carbocycles. The molecule has 2 aromatic carbocycles. The molecule has 0 atom stereocenters. The minimum Gasteiger partial charge on any atom is -0.399 e. The minimum atomic E-state index is -3.63. The van der Waals surface area contributed by atoms with E-state index in [0.717, 1.165) is 0 Å². The van der Waals surface area contributed by atoms with Crippen LogP contribution in [0, 0.1) is 0 Å². The zero-order valence-corrected chi connectivity index (χ0v) is 14.5. The van der Waals surface area contributed by atoms with E-state index in [1.165, 1.54) is 0 Å². The van der Waals surface area contributed by atoms with E-state index in [2.05, 4.69) is 20.7 Å². The van der Waals surface area contributed by atoms with Gasteiger partial charge in [-0.2, -0.15) is 0 Å². The van der Waals surface area contributed by atoms with E-state index in [-0.39, 0.29) is 21.5 Å². The predicted molar refractivity (Wildman–Crippen MR) is 91.3 cm³/mol. The van der Waals surface area contributed by atoms with Gasteiger partial charge in [0.2, 0.25) is 10.0 Å². The van der Waals surface area contributed by atoms with Crippen molar-refractivity contribution in [1.82, 2.24) is 0 Å². The van der Waals surface area contributed by atoms with Crippen LogP contribution in [0.2, 0.25) is 10.0 Å². The fourth-order valence-corrected chi connectivity index (χ4v) is 4.31. The third-order valence-electron chi connectivity index (χ3n) is 2.60. The maximum absolute atomic E-state index is 12.2. The second-order valence-corrected chi connectivity index (χ2v) is 7.80. The summed E-state index contributed by atoms with van der Waals surface area (Å²) in [6.45, 7) is 0. The highest BCUT2D eigenvalue weighted by atomic mass is 79.9. The van der Waals surface area contributed by atoms with Gasteiger partial charge in [-0.1, -0.05) is 51.3 Å². The summed E-state index contributed by atoms with van der Waals surface area (Å²) < 4.78 is 27.4. The van der Waals surface area contributed by atoms with Gasteiger partial charge in [0.15, 0.2) is 0 Å². The van der Waals surface area contributed by atoms with Crippen LogP contribution in [0.25, 0.3) is 0 Å². The fourth-order valence-electron chi connectivity index (χ4n) is 1.66. The molecule has 0 amide bonds. The lowest BCUT2D eigenvalue weighted by Crippen LogP contribution is -2.15. The van der Waals surface area contributed by atoms with Crippen LogP contribution in [0.3, 0.4) is 0 Å². The lowest BCUT2D eigenvalue weighted by atomic mass is 10.2. The number of nitrogen functional groups attached to an aromatic ring is 1. The maximum atomic E-state index is 12.2. The molecule has 0 radical (unpaired) electrons.